The summed E-state index contributed by atoms with van der Waals surface area (Å²) in [7, 11) is 2.10. The minimum Gasteiger partial charge on any atom is -0.386 e. The minimum atomic E-state index is 0.0838. The normalized spacial score (nSPS) is 30.3. The Morgan fingerprint density at radius 3 is 2.50 bits per heavy atom. The van der Waals surface area contributed by atoms with Crippen LogP contribution in [-0.2, 0) is 0 Å². The molecule has 3 heteroatoms. The number of likely N-dealkylation sites (N-methyl/N-ethyl adjacent to an activating group) is 1. The molecule has 0 saturated heterocycles. The molecule has 82 valence electrons. The Kier molecular flexibility index (Phi) is 3.93. The van der Waals surface area contributed by atoms with Gasteiger partial charge < -0.3 is 5.73 Å². The zero-order valence-corrected chi connectivity index (χ0v) is 9.59. The third kappa shape index (κ3) is 2.47. The van der Waals surface area contributed by atoms with E-state index < -0.39 is 0 Å². The average Bonchev–Trinajstić information content (AvgIpc) is 2.16. The van der Waals surface area contributed by atoms with Crippen molar-refractivity contribution in [2.45, 2.75) is 51.6 Å². The third-order valence-corrected chi connectivity index (χ3v) is 3.65. The van der Waals surface area contributed by atoms with E-state index in [0.29, 0.717) is 6.04 Å². The maximum Gasteiger partial charge on any atom is 0.108 e. The zero-order chi connectivity index (χ0) is 10.7. The van der Waals surface area contributed by atoms with Crippen LogP contribution in [-0.4, -0.2) is 29.9 Å². The van der Waals surface area contributed by atoms with E-state index in [-0.39, 0.29) is 11.9 Å². The van der Waals surface area contributed by atoms with Crippen LogP contribution in [0.4, 0.5) is 0 Å². The van der Waals surface area contributed by atoms with Crippen molar-refractivity contribution in [3.05, 3.63) is 0 Å². The van der Waals surface area contributed by atoms with Crippen LogP contribution < -0.4 is 5.73 Å². The quantitative estimate of drug-likeness (QED) is 0.535. The molecule has 0 aliphatic heterocycles. The fourth-order valence-electron chi connectivity index (χ4n) is 2.41. The summed E-state index contributed by atoms with van der Waals surface area (Å²) < 4.78 is 0. The number of amidine groups is 1. The fraction of sp³-hybridized carbons (Fsp3) is 0.909. The van der Waals surface area contributed by atoms with Crippen LogP contribution in [0.15, 0.2) is 0 Å². The molecule has 1 fully saturated rings. The second kappa shape index (κ2) is 4.78. The van der Waals surface area contributed by atoms with E-state index in [1.807, 2.05) is 6.92 Å². The van der Waals surface area contributed by atoms with Crippen molar-refractivity contribution >= 4 is 5.84 Å². The third-order valence-electron chi connectivity index (χ3n) is 3.65. The van der Waals surface area contributed by atoms with Gasteiger partial charge in [0.25, 0.3) is 0 Å². The average molecular weight is 197 g/mol. The van der Waals surface area contributed by atoms with Crippen LogP contribution in [0, 0.1) is 11.3 Å². The van der Waals surface area contributed by atoms with Gasteiger partial charge in [0, 0.05) is 6.04 Å². The molecule has 0 aromatic carbocycles. The number of hydrogen-bond donors (Lipinski definition) is 2. The molecular formula is C11H23N3. The Balaban J connectivity index is 2.57. The van der Waals surface area contributed by atoms with Crippen molar-refractivity contribution in [2.24, 2.45) is 11.7 Å². The van der Waals surface area contributed by atoms with Gasteiger partial charge in [0.2, 0.25) is 0 Å². The first-order valence-corrected chi connectivity index (χ1v) is 5.60. The Bertz CT molecular complexity index is 203. The zero-order valence-electron chi connectivity index (χ0n) is 9.59. The summed E-state index contributed by atoms with van der Waals surface area (Å²) in [5.41, 5.74) is 5.53. The van der Waals surface area contributed by atoms with Gasteiger partial charge in [-0.2, -0.15) is 0 Å². The van der Waals surface area contributed by atoms with Crippen molar-refractivity contribution in [3.63, 3.8) is 0 Å². The lowest BCUT2D eigenvalue weighted by Crippen LogP contribution is -2.48. The van der Waals surface area contributed by atoms with E-state index in [1.165, 1.54) is 25.7 Å². The number of rotatable bonds is 3. The fourth-order valence-corrected chi connectivity index (χ4v) is 2.41. The van der Waals surface area contributed by atoms with Crippen LogP contribution in [0.1, 0.15) is 39.5 Å². The molecule has 1 rings (SSSR count). The van der Waals surface area contributed by atoms with Crippen molar-refractivity contribution in [2.75, 3.05) is 7.05 Å². The highest BCUT2D eigenvalue weighted by molar-refractivity contribution is 5.82. The highest BCUT2D eigenvalue weighted by Crippen LogP contribution is 2.28. The molecule has 0 spiro atoms. The molecule has 3 unspecified atom stereocenters. The molecule has 3 atom stereocenters. The summed E-state index contributed by atoms with van der Waals surface area (Å²) in [6.07, 6.45) is 5.26. The number of nitrogens with zero attached hydrogens (tertiary/aromatic N) is 1. The van der Waals surface area contributed by atoms with Gasteiger partial charge in [0.1, 0.15) is 5.84 Å². The van der Waals surface area contributed by atoms with Gasteiger partial charge in [0.15, 0.2) is 0 Å². The summed E-state index contributed by atoms with van der Waals surface area (Å²) in [6.45, 7) is 4.33. The maximum absolute atomic E-state index is 7.45. The van der Waals surface area contributed by atoms with Gasteiger partial charge in [-0.1, -0.05) is 19.8 Å². The van der Waals surface area contributed by atoms with Crippen LogP contribution >= 0.6 is 0 Å². The first kappa shape index (κ1) is 11.5. The summed E-state index contributed by atoms with van der Waals surface area (Å²) in [5, 5.41) is 7.45. The smallest absolute Gasteiger partial charge is 0.108 e. The first-order valence-electron chi connectivity index (χ1n) is 5.60. The Morgan fingerprint density at radius 2 is 2.00 bits per heavy atom. The molecule has 1 aliphatic carbocycles. The molecule has 1 saturated carbocycles. The SMILES string of the molecule is CC1CCCCC1N(C)C(C)C(=N)N. The van der Waals surface area contributed by atoms with Gasteiger partial charge in [-0.15, -0.1) is 0 Å². The second-order valence-electron chi connectivity index (χ2n) is 4.63. The van der Waals surface area contributed by atoms with Gasteiger partial charge in [0.05, 0.1) is 6.04 Å². The van der Waals surface area contributed by atoms with Crippen molar-refractivity contribution in [1.82, 2.24) is 4.90 Å². The molecular weight excluding hydrogens is 174 g/mol. The van der Waals surface area contributed by atoms with Gasteiger partial charge >= 0.3 is 0 Å². The molecule has 0 bridgehead atoms. The van der Waals surface area contributed by atoms with Crippen molar-refractivity contribution in [3.8, 4) is 0 Å². The van der Waals surface area contributed by atoms with Crippen LogP contribution in [0.3, 0.4) is 0 Å². The second-order valence-corrected chi connectivity index (χ2v) is 4.63. The van der Waals surface area contributed by atoms with E-state index in [4.69, 9.17) is 11.1 Å². The number of nitrogens with one attached hydrogen (secondary N) is 1. The lowest BCUT2D eigenvalue weighted by Gasteiger charge is -2.39. The van der Waals surface area contributed by atoms with Gasteiger partial charge in [-0.25, -0.2) is 0 Å². The van der Waals surface area contributed by atoms with Crippen molar-refractivity contribution in [1.29, 1.82) is 5.41 Å². The molecule has 0 aromatic heterocycles. The van der Waals surface area contributed by atoms with E-state index in [0.717, 1.165) is 5.92 Å². The maximum atomic E-state index is 7.45. The topological polar surface area (TPSA) is 53.1 Å². The monoisotopic (exact) mass is 197 g/mol. The first-order chi connectivity index (χ1) is 6.54. The molecule has 1 aliphatic rings. The van der Waals surface area contributed by atoms with E-state index >= 15 is 0 Å². The number of hydrogen-bond acceptors (Lipinski definition) is 2. The molecule has 3 nitrogen and oxygen atoms in total. The molecule has 0 radical (unpaired) electrons. The highest BCUT2D eigenvalue weighted by atomic mass is 15.2. The van der Waals surface area contributed by atoms with Gasteiger partial charge in [-0.05, 0) is 32.7 Å². The lowest BCUT2D eigenvalue weighted by atomic mass is 9.84. The number of nitrogens with two attached hydrogens (primary N) is 1. The Labute approximate surface area is 87.2 Å². The lowest BCUT2D eigenvalue weighted by molar-refractivity contribution is 0.127. The summed E-state index contributed by atoms with van der Waals surface area (Å²) in [4.78, 5) is 2.27. The molecule has 14 heavy (non-hydrogen) atoms. The molecule has 0 aromatic rings. The summed E-state index contributed by atoms with van der Waals surface area (Å²) in [6, 6.07) is 0.697. The van der Waals surface area contributed by atoms with Crippen LogP contribution in [0.2, 0.25) is 0 Å². The predicted octanol–water partition coefficient (Wildman–Crippen LogP) is 1.82. The highest BCUT2D eigenvalue weighted by Gasteiger charge is 2.28. The Morgan fingerprint density at radius 1 is 1.43 bits per heavy atom. The molecule has 3 N–H and O–H groups in total. The van der Waals surface area contributed by atoms with E-state index in [9.17, 15) is 0 Å². The largest absolute Gasteiger partial charge is 0.386 e. The van der Waals surface area contributed by atoms with Gasteiger partial charge in [-0.3, -0.25) is 10.3 Å². The standard InChI is InChI=1S/C11H23N3/c1-8-6-4-5-7-10(8)14(3)9(2)11(12)13/h8-10H,4-7H2,1-3H3,(H3,12,13). The molecule has 0 amide bonds. The van der Waals surface area contributed by atoms with E-state index in [1.54, 1.807) is 0 Å². The van der Waals surface area contributed by atoms with Crippen LogP contribution in [0.5, 0.6) is 0 Å². The van der Waals surface area contributed by atoms with Crippen LogP contribution in [0.25, 0.3) is 0 Å². The minimum absolute atomic E-state index is 0.0838. The molecule has 0 heterocycles. The summed E-state index contributed by atoms with van der Waals surface area (Å²) in [5.74, 6) is 1.03. The predicted molar refractivity (Wildman–Crippen MR) is 60.6 cm³/mol. The Hall–Kier alpha value is -0.570. The van der Waals surface area contributed by atoms with E-state index in [2.05, 4.69) is 18.9 Å². The summed E-state index contributed by atoms with van der Waals surface area (Å²) >= 11 is 0. The van der Waals surface area contributed by atoms with Crippen molar-refractivity contribution < 1.29 is 0 Å².